The highest BCUT2D eigenvalue weighted by Crippen LogP contribution is 2.43. The molecule has 0 atom stereocenters. The number of aromatic nitrogens is 4. The van der Waals surface area contributed by atoms with Crippen LogP contribution in [0.5, 0.6) is 0 Å². The summed E-state index contributed by atoms with van der Waals surface area (Å²) in [5, 5.41) is 9.55. The molecular weight excluding hydrogens is 685 g/mol. The first-order chi connectivity index (χ1) is 27.8. The van der Waals surface area contributed by atoms with Gasteiger partial charge >= 0.3 is 0 Å². The van der Waals surface area contributed by atoms with Crippen molar-refractivity contribution < 1.29 is 4.42 Å². The lowest BCUT2D eigenvalue weighted by molar-refractivity contribution is 0.669. The number of benzene rings is 7. The molecule has 0 fully saturated rings. The summed E-state index contributed by atoms with van der Waals surface area (Å²) in [6, 6.07) is 65.3. The van der Waals surface area contributed by atoms with Crippen LogP contribution in [0.4, 0.5) is 0 Å². The molecule has 0 aliphatic carbocycles. The van der Waals surface area contributed by atoms with Crippen LogP contribution >= 0.6 is 0 Å². The lowest BCUT2D eigenvalue weighted by atomic mass is 9.91. The molecule has 262 valence electrons. The van der Waals surface area contributed by atoms with Crippen LogP contribution in [-0.2, 0) is 0 Å². The number of pyridine rings is 1. The van der Waals surface area contributed by atoms with Crippen molar-refractivity contribution in [3.63, 3.8) is 0 Å². The van der Waals surface area contributed by atoms with Gasteiger partial charge in [0.2, 0.25) is 0 Å². The third-order valence-electron chi connectivity index (χ3n) is 10.7. The molecule has 0 saturated heterocycles. The van der Waals surface area contributed by atoms with Crippen LogP contribution in [0.2, 0.25) is 0 Å². The topological polar surface area (TPSA) is 56.2 Å². The number of fused-ring (bicyclic) bond motifs is 6. The van der Waals surface area contributed by atoms with Gasteiger partial charge in [-0.05, 0) is 52.9 Å². The summed E-state index contributed by atoms with van der Waals surface area (Å²) in [7, 11) is 0. The van der Waals surface area contributed by atoms with Crippen molar-refractivity contribution in [2.45, 2.75) is 0 Å². The minimum absolute atomic E-state index is 0.669. The summed E-state index contributed by atoms with van der Waals surface area (Å²) in [4.78, 5) is 10.4. The number of nitrogens with zero attached hydrogens (tertiary/aromatic N) is 4. The predicted molar refractivity (Wildman–Crippen MR) is 228 cm³/mol. The van der Waals surface area contributed by atoms with Gasteiger partial charge in [0, 0.05) is 49.5 Å². The SMILES string of the molecule is c1ccc(-c2nc(-c3cccc(-c4c(-c5ccccc5)n5ncc(-c6ccccc6)c5c5ccccc45)c3)cc(-c3ccc4oc5ccccc5c4c3)n2)cc1. The van der Waals surface area contributed by atoms with Crippen LogP contribution in [0, 0.1) is 0 Å². The van der Waals surface area contributed by atoms with Gasteiger partial charge in [0.1, 0.15) is 11.2 Å². The van der Waals surface area contributed by atoms with Crippen molar-refractivity contribution in [2.24, 2.45) is 0 Å². The molecule has 0 bridgehead atoms. The van der Waals surface area contributed by atoms with E-state index < -0.39 is 0 Å². The second-order valence-corrected chi connectivity index (χ2v) is 14.0. The fraction of sp³-hybridized carbons (Fsp3) is 0. The molecule has 5 heteroatoms. The van der Waals surface area contributed by atoms with Crippen LogP contribution in [0.1, 0.15) is 0 Å². The number of hydrogen-bond donors (Lipinski definition) is 0. The Morgan fingerprint density at radius 2 is 0.964 bits per heavy atom. The van der Waals surface area contributed by atoms with E-state index in [9.17, 15) is 0 Å². The highest BCUT2D eigenvalue weighted by molar-refractivity contribution is 6.13. The maximum atomic E-state index is 6.17. The maximum absolute atomic E-state index is 6.17. The molecule has 4 heterocycles. The Labute approximate surface area is 322 Å². The monoisotopic (exact) mass is 716 g/mol. The highest BCUT2D eigenvalue weighted by atomic mass is 16.3. The second-order valence-electron chi connectivity index (χ2n) is 14.0. The molecule has 7 aromatic carbocycles. The summed E-state index contributed by atoms with van der Waals surface area (Å²) in [5.41, 5.74) is 14.0. The van der Waals surface area contributed by atoms with Crippen LogP contribution in [-0.4, -0.2) is 19.6 Å². The Kier molecular flexibility index (Phi) is 7.42. The first-order valence-electron chi connectivity index (χ1n) is 18.8. The van der Waals surface area contributed by atoms with Crippen molar-refractivity contribution in [3.05, 3.63) is 194 Å². The zero-order chi connectivity index (χ0) is 37.0. The highest BCUT2D eigenvalue weighted by Gasteiger charge is 2.22. The van der Waals surface area contributed by atoms with Crippen molar-refractivity contribution in [3.8, 4) is 67.4 Å². The number of hydrogen-bond acceptors (Lipinski definition) is 4. The van der Waals surface area contributed by atoms with Gasteiger partial charge in [-0.2, -0.15) is 5.10 Å². The number of para-hydroxylation sites is 1. The molecule has 0 aliphatic rings. The van der Waals surface area contributed by atoms with Crippen LogP contribution in [0.15, 0.2) is 199 Å². The molecule has 0 saturated carbocycles. The van der Waals surface area contributed by atoms with E-state index in [1.807, 2.05) is 48.7 Å². The van der Waals surface area contributed by atoms with Crippen molar-refractivity contribution in [1.82, 2.24) is 19.6 Å². The first kappa shape index (κ1) is 31.9. The summed E-state index contributed by atoms with van der Waals surface area (Å²) < 4.78 is 8.30. The zero-order valence-corrected chi connectivity index (χ0v) is 30.2. The number of furan rings is 1. The van der Waals surface area contributed by atoms with Gasteiger partial charge in [-0.15, -0.1) is 0 Å². The average molecular weight is 717 g/mol. The van der Waals surface area contributed by atoms with E-state index in [0.717, 1.165) is 99.8 Å². The quantitative estimate of drug-likeness (QED) is 0.172. The number of rotatable bonds is 6. The molecule has 0 radical (unpaired) electrons. The Hall–Kier alpha value is -7.63. The van der Waals surface area contributed by atoms with E-state index in [4.69, 9.17) is 19.5 Å². The largest absolute Gasteiger partial charge is 0.456 e. The van der Waals surface area contributed by atoms with E-state index in [1.165, 1.54) is 0 Å². The van der Waals surface area contributed by atoms with Gasteiger partial charge in [0.15, 0.2) is 5.82 Å². The molecule has 0 amide bonds. The lowest BCUT2D eigenvalue weighted by Gasteiger charge is -2.18. The van der Waals surface area contributed by atoms with Gasteiger partial charge in [0.05, 0.1) is 28.8 Å². The summed E-state index contributed by atoms with van der Waals surface area (Å²) >= 11 is 0. The summed E-state index contributed by atoms with van der Waals surface area (Å²) in [6.07, 6.45) is 2.00. The zero-order valence-electron chi connectivity index (χ0n) is 30.2. The molecule has 56 heavy (non-hydrogen) atoms. The van der Waals surface area contributed by atoms with E-state index in [1.54, 1.807) is 0 Å². The van der Waals surface area contributed by atoms with Gasteiger partial charge in [-0.1, -0.05) is 152 Å². The maximum Gasteiger partial charge on any atom is 0.160 e. The average Bonchev–Trinajstić information content (AvgIpc) is 3.89. The van der Waals surface area contributed by atoms with Crippen LogP contribution in [0.25, 0.3) is 106 Å². The standard InChI is InChI=1S/C51H32N4O/c1-4-15-33(16-5-1)43-32-52-55-49(34-17-6-2-7-18-34)48(40-24-10-11-25-41(40)50(43)55)38-22-14-21-36(29-38)44-31-45(54-51(53-44)35-19-8-3-9-20-35)37-27-28-47-42(30-37)39-23-12-13-26-46(39)56-47/h1-32H. The Bertz CT molecular complexity index is 3240. The fourth-order valence-corrected chi connectivity index (χ4v) is 8.08. The third-order valence-corrected chi connectivity index (χ3v) is 10.7. The normalized spacial score (nSPS) is 11.6. The molecule has 0 aliphatic heterocycles. The van der Waals surface area contributed by atoms with E-state index in [0.29, 0.717) is 5.82 Å². The first-order valence-corrected chi connectivity index (χ1v) is 18.8. The molecule has 11 aromatic rings. The van der Waals surface area contributed by atoms with Crippen LogP contribution < -0.4 is 0 Å². The van der Waals surface area contributed by atoms with Gasteiger partial charge in [-0.25, -0.2) is 14.5 Å². The van der Waals surface area contributed by atoms with Crippen molar-refractivity contribution in [1.29, 1.82) is 0 Å². The summed E-state index contributed by atoms with van der Waals surface area (Å²) in [6.45, 7) is 0. The minimum Gasteiger partial charge on any atom is -0.456 e. The molecule has 0 unspecified atom stereocenters. The van der Waals surface area contributed by atoms with E-state index in [-0.39, 0.29) is 0 Å². The lowest BCUT2D eigenvalue weighted by Crippen LogP contribution is -2.00. The molecule has 4 aromatic heterocycles. The Morgan fingerprint density at radius 1 is 0.393 bits per heavy atom. The molecule has 0 N–H and O–H groups in total. The third kappa shape index (κ3) is 5.29. The van der Waals surface area contributed by atoms with Gasteiger partial charge in [0.25, 0.3) is 0 Å². The second kappa shape index (κ2) is 13.0. The molecule has 5 nitrogen and oxygen atoms in total. The van der Waals surface area contributed by atoms with E-state index in [2.05, 4.69) is 150 Å². The summed E-state index contributed by atoms with van der Waals surface area (Å²) in [5.74, 6) is 0.669. The van der Waals surface area contributed by atoms with Crippen molar-refractivity contribution >= 4 is 38.2 Å². The Balaban J connectivity index is 1.14. The molecule has 11 rings (SSSR count). The smallest absolute Gasteiger partial charge is 0.160 e. The molecular formula is C51H32N4O. The fourth-order valence-electron chi connectivity index (χ4n) is 8.08. The van der Waals surface area contributed by atoms with Crippen LogP contribution in [0.3, 0.4) is 0 Å². The Morgan fingerprint density at radius 3 is 1.71 bits per heavy atom. The van der Waals surface area contributed by atoms with E-state index >= 15 is 0 Å². The molecule has 0 spiro atoms. The van der Waals surface area contributed by atoms with Gasteiger partial charge < -0.3 is 4.42 Å². The minimum atomic E-state index is 0.669. The predicted octanol–water partition coefficient (Wildman–Crippen LogP) is 13.2. The van der Waals surface area contributed by atoms with Crippen molar-refractivity contribution in [2.75, 3.05) is 0 Å². The van der Waals surface area contributed by atoms with Gasteiger partial charge in [-0.3, -0.25) is 0 Å².